The summed E-state index contributed by atoms with van der Waals surface area (Å²) in [6.07, 6.45) is 2.39. The molecule has 3 rings (SSSR count). The lowest BCUT2D eigenvalue weighted by atomic mass is 9.89. The van der Waals surface area contributed by atoms with Crippen LogP contribution < -0.4 is 0 Å². The number of hydrogen-bond acceptors (Lipinski definition) is 4. The summed E-state index contributed by atoms with van der Waals surface area (Å²) in [5.74, 6) is -3.33. The van der Waals surface area contributed by atoms with Gasteiger partial charge in [-0.3, -0.25) is 14.4 Å². The van der Waals surface area contributed by atoms with Crippen LogP contribution >= 0.6 is 0 Å². The lowest BCUT2D eigenvalue weighted by molar-refractivity contribution is -0.139. The van der Waals surface area contributed by atoms with E-state index in [4.69, 9.17) is 4.74 Å². The third-order valence-electron chi connectivity index (χ3n) is 4.76. The highest BCUT2D eigenvalue weighted by molar-refractivity contribution is 6.02. The molecular formula is C20H21F2NO4. The minimum atomic E-state index is -0.782. The number of nitrogens with zero attached hydrogens (tertiary/aromatic N) is 1. The van der Waals surface area contributed by atoms with Crippen molar-refractivity contribution in [1.29, 1.82) is 0 Å². The normalized spacial score (nSPS) is 22.1. The van der Waals surface area contributed by atoms with Gasteiger partial charge in [-0.25, -0.2) is 8.78 Å². The summed E-state index contributed by atoms with van der Waals surface area (Å²) in [7, 11) is 0. The van der Waals surface area contributed by atoms with Crippen LogP contribution in [-0.4, -0.2) is 41.1 Å². The average Bonchev–Trinajstić information content (AvgIpc) is 2.61. The third-order valence-corrected chi connectivity index (χ3v) is 4.76. The molecule has 1 aromatic carbocycles. The van der Waals surface area contributed by atoms with E-state index < -0.39 is 34.8 Å². The van der Waals surface area contributed by atoms with E-state index in [1.807, 2.05) is 0 Å². The van der Waals surface area contributed by atoms with Gasteiger partial charge in [0, 0.05) is 31.5 Å². The molecule has 0 aromatic heterocycles. The molecule has 0 aliphatic carbocycles. The molecule has 144 valence electrons. The first-order chi connectivity index (χ1) is 12.7. The Kier molecular flexibility index (Phi) is 5.13. The van der Waals surface area contributed by atoms with Gasteiger partial charge in [0.25, 0.3) is 5.91 Å². The molecule has 1 fully saturated rings. The first-order valence-electron chi connectivity index (χ1n) is 8.88. The third kappa shape index (κ3) is 4.23. The molecule has 0 bridgehead atoms. The Balaban J connectivity index is 1.76. The number of allylic oxidation sites excluding steroid dienone is 1. The monoisotopic (exact) mass is 377 g/mol. The number of ether oxygens (including phenoxy) is 1. The summed E-state index contributed by atoms with van der Waals surface area (Å²) in [6, 6.07) is 2.75. The molecule has 2 heterocycles. The zero-order chi connectivity index (χ0) is 19.8. The Morgan fingerprint density at radius 1 is 1.26 bits per heavy atom. The van der Waals surface area contributed by atoms with Crippen LogP contribution in [0.25, 0.3) is 0 Å². The highest BCUT2D eigenvalue weighted by Crippen LogP contribution is 2.28. The van der Waals surface area contributed by atoms with E-state index in [0.29, 0.717) is 19.4 Å². The topological polar surface area (TPSA) is 63.7 Å². The van der Waals surface area contributed by atoms with Crippen LogP contribution in [0, 0.1) is 17.6 Å². The van der Waals surface area contributed by atoms with Crippen LogP contribution in [0.4, 0.5) is 8.78 Å². The second-order valence-electron chi connectivity index (χ2n) is 7.59. The van der Waals surface area contributed by atoms with Crippen LogP contribution in [0.2, 0.25) is 0 Å². The Labute approximate surface area is 156 Å². The van der Waals surface area contributed by atoms with Gasteiger partial charge in [-0.2, -0.15) is 0 Å². The first-order valence-corrected chi connectivity index (χ1v) is 8.88. The molecule has 0 unspecified atom stereocenters. The van der Waals surface area contributed by atoms with E-state index in [-0.39, 0.29) is 30.1 Å². The summed E-state index contributed by atoms with van der Waals surface area (Å²) >= 11 is 0. The Bertz CT molecular complexity index is 831. The van der Waals surface area contributed by atoms with Gasteiger partial charge in [-0.1, -0.05) is 0 Å². The predicted molar refractivity (Wildman–Crippen MR) is 92.9 cm³/mol. The number of amides is 1. The zero-order valence-electron chi connectivity index (χ0n) is 15.3. The van der Waals surface area contributed by atoms with Crippen molar-refractivity contribution < 1.29 is 27.9 Å². The van der Waals surface area contributed by atoms with E-state index >= 15 is 0 Å². The van der Waals surface area contributed by atoms with Gasteiger partial charge in [-0.05, 0) is 44.9 Å². The maximum Gasteiger partial charge on any atom is 0.289 e. The van der Waals surface area contributed by atoms with Crippen LogP contribution in [0.3, 0.4) is 0 Å². The first kappa shape index (κ1) is 19.2. The second kappa shape index (κ2) is 7.21. The van der Waals surface area contributed by atoms with Gasteiger partial charge < -0.3 is 9.64 Å². The van der Waals surface area contributed by atoms with Gasteiger partial charge in [0.15, 0.2) is 17.3 Å². The van der Waals surface area contributed by atoms with E-state index in [0.717, 1.165) is 18.2 Å². The SMILES string of the molecule is CC1(C)CC(=O)C=C(C(=O)N2CCC[C@@H](C(=O)c3cc(F)ccc3F)C2)O1. The molecule has 7 heteroatoms. The standard InChI is InChI=1S/C20H21F2NO4/c1-20(2)10-14(24)9-17(27-20)19(26)23-7-3-4-12(11-23)18(25)15-8-13(21)5-6-16(15)22/h5-6,8-9,12H,3-4,7,10-11H2,1-2H3/t12-/m1/s1. The largest absolute Gasteiger partial charge is 0.481 e. The molecule has 2 aliphatic heterocycles. The summed E-state index contributed by atoms with van der Waals surface area (Å²) in [5.41, 5.74) is -1.08. The van der Waals surface area contributed by atoms with Crippen LogP contribution in [0.1, 0.15) is 43.5 Å². The van der Waals surface area contributed by atoms with Crippen LogP contribution in [0.15, 0.2) is 30.0 Å². The summed E-state index contributed by atoms with van der Waals surface area (Å²) in [6.45, 7) is 3.92. The van der Waals surface area contributed by atoms with Gasteiger partial charge in [0.1, 0.15) is 17.2 Å². The maximum atomic E-state index is 13.9. The number of hydrogen-bond donors (Lipinski definition) is 0. The summed E-state index contributed by atoms with van der Waals surface area (Å²) in [5, 5.41) is 0. The van der Waals surface area contributed by atoms with Crippen molar-refractivity contribution in [2.45, 2.75) is 38.7 Å². The number of ketones is 2. The molecule has 0 saturated carbocycles. The van der Waals surface area contributed by atoms with Crippen molar-refractivity contribution in [2.24, 2.45) is 5.92 Å². The van der Waals surface area contributed by atoms with Gasteiger partial charge in [0.2, 0.25) is 0 Å². The smallest absolute Gasteiger partial charge is 0.289 e. The fraction of sp³-hybridized carbons (Fsp3) is 0.450. The van der Waals surface area contributed by atoms with Crippen molar-refractivity contribution in [3.8, 4) is 0 Å². The van der Waals surface area contributed by atoms with Crippen molar-refractivity contribution >= 4 is 17.5 Å². The molecule has 0 N–H and O–H groups in total. The van der Waals surface area contributed by atoms with Crippen molar-refractivity contribution in [1.82, 2.24) is 4.90 Å². The van der Waals surface area contributed by atoms with Gasteiger partial charge in [-0.15, -0.1) is 0 Å². The zero-order valence-corrected chi connectivity index (χ0v) is 15.3. The predicted octanol–water partition coefficient (Wildman–Crippen LogP) is 3.04. The number of rotatable bonds is 3. The molecule has 2 aliphatic rings. The molecule has 1 atom stereocenters. The Morgan fingerprint density at radius 3 is 2.70 bits per heavy atom. The summed E-state index contributed by atoms with van der Waals surface area (Å²) in [4.78, 5) is 38.7. The molecular weight excluding hydrogens is 356 g/mol. The number of carbonyl (C=O) groups excluding carboxylic acids is 3. The Morgan fingerprint density at radius 2 is 2.00 bits per heavy atom. The molecule has 1 saturated heterocycles. The maximum absolute atomic E-state index is 13.9. The lowest BCUT2D eigenvalue weighted by Crippen LogP contribution is -2.45. The van der Waals surface area contributed by atoms with E-state index in [1.54, 1.807) is 13.8 Å². The molecule has 0 spiro atoms. The fourth-order valence-electron chi connectivity index (χ4n) is 3.52. The minimum absolute atomic E-state index is 0.0405. The molecule has 5 nitrogen and oxygen atoms in total. The van der Waals surface area contributed by atoms with Crippen molar-refractivity contribution in [3.63, 3.8) is 0 Å². The van der Waals surface area contributed by atoms with E-state index in [2.05, 4.69) is 0 Å². The van der Waals surface area contributed by atoms with E-state index in [1.165, 1.54) is 11.0 Å². The van der Waals surface area contributed by atoms with Crippen molar-refractivity contribution in [2.75, 3.05) is 13.1 Å². The van der Waals surface area contributed by atoms with Crippen LogP contribution in [0.5, 0.6) is 0 Å². The number of Topliss-reactive ketones (excluding diaryl/α,β-unsaturated/α-hetero) is 1. The van der Waals surface area contributed by atoms with E-state index in [9.17, 15) is 23.2 Å². The number of likely N-dealkylation sites (tertiary alicyclic amines) is 1. The quantitative estimate of drug-likeness (QED) is 0.760. The molecule has 0 radical (unpaired) electrons. The minimum Gasteiger partial charge on any atom is -0.481 e. The fourth-order valence-corrected chi connectivity index (χ4v) is 3.52. The number of piperidine rings is 1. The summed E-state index contributed by atoms with van der Waals surface area (Å²) < 4.78 is 32.9. The average molecular weight is 377 g/mol. The number of halogens is 2. The molecule has 1 aromatic rings. The number of carbonyl (C=O) groups is 3. The highest BCUT2D eigenvalue weighted by Gasteiger charge is 2.36. The van der Waals surface area contributed by atoms with Gasteiger partial charge >= 0.3 is 0 Å². The number of benzene rings is 1. The van der Waals surface area contributed by atoms with Crippen LogP contribution in [-0.2, 0) is 14.3 Å². The Hall–Kier alpha value is -2.57. The molecule has 27 heavy (non-hydrogen) atoms. The van der Waals surface area contributed by atoms with Crippen molar-refractivity contribution in [3.05, 3.63) is 47.2 Å². The highest BCUT2D eigenvalue weighted by atomic mass is 19.1. The lowest BCUT2D eigenvalue weighted by Gasteiger charge is -2.35. The molecule has 1 amide bonds. The second-order valence-corrected chi connectivity index (χ2v) is 7.59. The van der Waals surface area contributed by atoms with Gasteiger partial charge in [0.05, 0.1) is 5.56 Å².